The first kappa shape index (κ1) is 10.5. The molecule has 1 N–H and O–H groups in total. The van der Waals surface area contributed by atoms with E-state index in [0.717, 1.165) is 13.0 Å². The quantitative estimate of drug-likeness (QED) is 0.655. The first-order chi connectivity index (χ1) is 5.82. The standard InChI is InChI=1S/C10H20N2O/c1-9(2,3)10(12(4)5)6-7-11-8(10)13/h6-7H2,1-5H3,(H,11,13). The number of amides is 1. The predicted octanol–water partition coefficient (Wildman–Crippen LogP) is 0.853. The zero-order chi connectivity index (χ0) is 10.3. The monoisotopic (exact) mass is 184 g/mol. The smallest absolute Gasteiger partial charge is 0.241 e. The Bertz CT molecular complexity index is 217. The Hall–Kier alpha value is -0.570. The predicted molar refractivity (Wildman–Crippen MR) is 53.5 cm³/mol. The Morgan fingerprint density at radius 3 is 2.08 bits per heavy atom. The summed E-state index contributed by atoms with van der Waals surface area (Å²) in [6.07, 6.45) is 0.905. The third kappa shape index (κ3) is 1.35. The molecule has 1 aliphatic heterocycles. The van der Waals surface area contributed by atoms with Gasteiger partial charge >= 0.3 is 0 Å². The molecule has 76 valence electrons. The first-order valence-corrected chi connectivity index (χ1v) is 4.78. The summed E-state index contributed by atoms with van der Waals surface area (Å²) in [5.41, 5.74) is -0.343. The van der Waals surface area contributed by atoms with Gasteiger partial charge in [-0.15, -0.1) is 0 Å². The second kappa shape index (κ2) is 2.98. The SMILES string of the molecule is CN(C)C1(C(C)(C)C)CCNC1=O. The number of rotatable bonds is 1. The van der Waals surface area contributed by atoms with Crippen molar-refractivity contribution in [3.63, 3.8) is 0 Å². The van der Waals surface area contributed by atoms with E-state index >= 15 is 0 Å². The van der Waals surface area contributed by atoms with Gasteiger partial charge in [-0.25, -0.2) is 0 Å². The lowest BCUT2D eigenvalue weighted by molar-refractivity contribution is -0.134. The second-order valence-electron chi connectivity index (χ2n) is 5.01. The highest BCUT2D eigenvalue weighted by Gasteiger charge is 2.52. The van der Waals surface area contributed by atoms with Crippen LogP contribution >= 0.6 is 0 Å². The van der Waals surface area contributed by atoms with Gasteiger partial charge in [0, 0.05) is 6.54 Å². The molecule has 13 heavy (non-hydrogen) atoms. The lowest BCUT2D eigenvalue weighted by atomic mass is 9.71. The normalized spacial score (nSPS) is 29.5. The largest absolute Gasteiger partial charge is 0.354 e. The van der Waals surface area contributed by atoms with E-state index in [0.29, 0.717) is 0 Å². The van der Waals surface area contributed by atoms with Crippen LogP contribution in [-0.4, -0.2) is 37.0 Å². The van der Waals surface area contributed by atoms with Crippen molar-refractivity contribution in [1.82, 2.24) is 10.2 Å². The molecule has 0 aromatic heterocycles. The zero-order valence-electron chi connectivity index (χ0n) is 9.27. The molecule has 0 saturated carbocycles. The van der Waals surface area contributed by atoms with Crippen molar-refractivity contribution in [3.05, 3.63) is 0 Å². The molecule has 3 heteroatoms. The van der Waals surface area contributed by atoms with Gasteiger partial charge in [-0.05, 0) is 25.9 Å². The molecule has 0 aromatic rings. The van der Waals surface area contributed by atoms with Crippen molar-refractivity contribution in [1.29, 1.82) is 0 Å². The average molecular weight is 184 g/mol. The molecule has 1 unspecified atom stereocenters. The van der Waals surface area contributed by atoms with E-state index < -0.39 is 0 Å². The van der Waals surface area contributed by atoms with Crippen LogP contribution < -0.4 is 5.32 Å². The minimum Gasteiger partial charge on any atom is -0.354 e. The third-order valence-electron chi connectivity index (χ3n) is 3.15. The molecule has 1 heterocycles. The minimum atomic E-state index is -0.326. The summed E-state index contributed by atoms with van der Waals surface area (Å²) >= 11 is 0. The van der Waals surface area contributed by atoms with Crippen molar-refractivity contribution in [2.24, 2.45) is 5.41 Å². The molecule has 0 radical (unpaired) electrons. The summed E-state index contributed by atoms with van der Waals surface area (Å²) in [6.45, 7) is 7.17. The molecule has 0 aromatic carbocycles. The fourth-order valence-electron chi connectivity index (χ4n) is 2.43. The van der Waals surface area contributed by atoms with E-state index in [1.165, 1.54) is 0 Å². The highest BCUT2D eigenvalue weighted by Crippen LogP contribution is 2.39. The molecule has 1 saturated heterocycles. The molecule has 1 fully saturated rings. The number of hydrogen-bond donors (Lipinski definition) is 1. The maximum atomic E-state index is 11.8. The van der Waals surface area contributed by atoms with Gasteiger partial charge in [0.2, 0.25) is 5.91 Å². The van der Waals surface area contributed by atoms with Crippen LogP contribution in [-0.2, 0) is 4.79 Å². The van der Waals surface area contributed by atoms with Crippen LogP contribution in [0.4, 0.5) is 0 Å². The van der Waals surface area contributed by atoms with Crippen molar-refractivity contribution in [3.8, 4) is 0 Å². The Kier molecular flexibility index (Phi) is 2.41. The van der Waals surface area contributed by atoms with Gasteiger partial charge in [-0.1, -0.05) is 20.8 Å². The maximum absolute atomic E-state index is 11.8. The zero-order valence-corrected chi connectivity index (χ0v) is 9.27. The summed E-state index contributed by atoms with van der Waals surface area (Å²) in [5, 5.41) is 2.92. The highest BCUT2D eigenvalue weighted by atomic mass is 16.2. The number of likely N-dealkylation sites (N-methyl/N-ethyl adjacent to an activating group) is 1. The third-order valence-corrected chi connectivity index (χ3v) is 3.15. The number of nitrogens with zero attached hydrogens (tertiary/aromatic N) is 1. The molecule has 1 amide bonds. The van der Waals surface area contributed by atoms with Crippen molar-refractivity contribution < 1.29 is 4.79 Å². The summed E-state index contributed by atoms with van der Waals surface area (Å²) in [7, 11) is 3.96. The van der Waals surface area contributed by atoms with E-state index in [-0.39, 0.29) is 16.9 Å². The molecule has 3 nitrogen and oxygen atoms in total. The fraction of sp³-hybridized carbons (Fsp3) is 0.900. The van der Waals surface area contributed by atoms with E-state index in [4.69, 9.17) is 0 Å². The van der Waals surface area contributed by atoms with Crippen LogP contribution in [0.2, 0.25) is 0 Å². The summed E-state index contributed by atoms with van der Waals surface area (Å²) in [4.78, 5) is 13.9. The van der Waals surface area contributed by atoms with Crippen LogP contribution in [0, 0.1) is 5.41 Å². The summed E-state index contributed by atoms with van der Waals surface area (Å²) in [5.74, 6) is 0.171. The van der Waals surface area contributed by atoms with E-state index in [2.05, 4.69) is 31.0 Å². The van der Waals surface area contributed by atoms with E-state index in [1.54, 1.807) is 0 Å². The lowest BCUT2D eigenvalue weighted by Gasteiger charge is -2.44. The summed E-state index contributed by atoms with van der Waals surface area (Å²) < 4.78 is 0. The molecule has 1 atom stereocenters. The fourth-order valence-corrected chi connectivity index (χ4v) is 2.43. The minimum absolute atomic E-state index is 0.0168. The van der Waals surface area contributed by atoms with Crippen LogP contribution in [0.5, 0.6) is 0 Å². The Morgan fingerprint density at radius 2 is 1.92 bits per heavy atom. The van der Waals surface area contributed by atoms with Gasteiger partial charge in [0.15, 0.2) is 0 Å². The van der Waals surface area contributed by atoms with Crippen molar-refractivity contribution >= 4 is 5.91 Å². The summed E-state index contributed by atoms with van der Waals surface area (Å²) in [6, 6.07) is 0. The van der Waals surface area contributed by atoms with Crippen molar-refractivity contribution in [2.45, 2.75) is 32.7 Å². The van der Waals surface area contributed by atoms with Gasteiger partial charge < -0.3 is 5.32 Å². The van der Waals surface area contributed by atoms with Gasteiger partial charge in [-0.3, -0.25) is 9.69 Å². The average Bonchev–Trinajstić information content (AvgIpc) is 2.29. The van der Waals surface area contributed by atoms with Crippen LogP contribution in [0.25, 0.3) is 0 Å². The van der Waals surface area contributed by atoms with Crippen LogP contribution in [0.1, 0.15) is 27.2 Å². The molecular weight excluding hydrogens is 164 g/mol. The molecule has 1 rings (SSSR count). The molecule has 0 spiro atoms. The number of carbonyl (C=O) groups is 1. The Labute approximate surface area is 80.5 Å². The van der Waals surface area contributed by atoms with E-state index in [9.17, 15) is 4.79 Å². The van der Waals surface area contributed by atoms with Crippen LogP contribution in [0.15, 0.2) is 0 Å². The maximum Gasteiger partial charge on any atom is 0.241 e. The Morgan fingerprint density at radius 1 is 1.38 bits per heavy atom. The molecule has 1 aliphatic rings. The van der Waals surface area contributed by atoms with Gasteiger partial charge in [0.25, 0.3) is 0 Å². The topological polar surface area (TPSA) is 32.3 Å². The first-order valence-electron chi connectivity index (χ1n) is 4.78. The Balaban J connectivity index is 3.08. The molecular formula is C10H20N2O. The number of carbonyl (C=O) groups excluding carboxylic acids is 1. The van der Waals surface area contributed by atoms with Crippen molar-refractivity contribution in [2.75, 3.05) is 20.6 Å². The second-order valence-corrected chi connectivity index (χ2v) is 5.01. The van der Waals surface area contributed by atoms with Crippen LogP contribution in [0.3, 0.4) is 0 Å². The lowest BCUT2D eigenvalue weighted by Crippen LogP contribution is -2.58. The molecule has 0 aliphatic carbocycles. The van der Waals surface area contributed by atoms with E-state index in [1.807, 2.05) is 14.1 Å². The van der Waals surface area contributed by atoms with Gasteiger partial charge in [-0.2, -0.15) is 0 Å². The van der Waals surface area contributed by atoms with Gasteiger partial charge in [0.05, 0.1) is 0 Å². The number of hydrogen-bond acceptors (Lipinski definition) is 2. The highest BCUT2D eigenvalue weighted by molar-refractivity contribution is 5.89. The number of nitrogens with one attached hydrogen (secondary N) is 1. The van der Waals surface area contributed by atoms with Gasteiger partial charge in [0.1, 0.15) is 5.54 Å². The molecule has 0 bridgehead atoms.